The zero-order valence-corrected chi connectivity index (χ0v) is 24.4. The van der Waals surface area contributed by atoms with E-state index < -0.39 is 11.6 Å². The monoisotopic (exact) mass is 540 g/mol. The molecule has 214 valence electrons. The topological polar surface area (TPSA) is 109 Å². The summed E-state index contributed by atoms with van der Waals surface area (Å²) >= 11 is 0. The van der Waals surface area contributed by atoms with Gasteiger partial charge in [-0.3, -0.25) is 0 Å². The molecule has 1 unspecified atom stereocenters. The average molecular weight is 541 g/mol. The third-order valence-corrected chi connectivity index (χ3v) is 6.20. The molecule has 1 aliphatic rings. The first-order valence-corrected chi connectivity index (χ1v) is 13.9. The first-order valence-electron chi connectivity index (χ1n) is 13.9. The number of rotatable bonds is 11. The molecule has 2 aromatic rings. The van der Waals surface area contributed by atoms with Gasteiger partial charge in [-0.25, -0.2) is 14.6 Å². The third-order valence-electron chi connectivity index (χ3n) is 6.20. The molecule has 1 atom stereocenters. The number of carbonyl (C=O) groups excluding carboxylic acids is 2. The Bertz CT molecular complexity index is 1090. The van der Waals surface area contributed by atoms with Gasteiger partial charge in [0.2, 0.25) is 5.95 Å². The maximum atomic E-state index is 13.4. The van der Waals surface area contributed by atoms with Crippen LogP contribution in [0, 0.1) is 0 Å². The number of amides is 1. The molecular weight excluding hydrogens is 496 g/mol. The lowest BCUT2D eigenvalue weighted by molar-refractivity contribution is -0.155. The Morgan fingerprint density at radius 2 is 1.69 bits per heavy atom. The Balaban J connectivity index is 1.85. The summed E-state index contributed by atoms with van der Waals surface area (Å²) in [4.78, 5) is 38.8. The van der Waals surface area contributed by atoms with Gasteiger partial charge in [-0.15, -0.1) is 0 Å². The van der Waals surface area contributed by atoms with Gasteiger partial charge >= 0.3 is 12.1 Å². The van der Waals surface area contributed by atoms with E-state index in [2.05, 4.69) is 34.4 Å². The molecule has 0 spiro atoms. The predicted octanol–water partition coefficient (Wildman–Crippen LogP) is 5.10. The highest BCUT2D eigenvalue weighted by Gasteiger charge is 2.27. The van der Waals surface area contributed by atoms with Gasteiger partial charge in [0, 0.05) is 38.6 Å². The molecule has 0 bridgehead atoms. The lowest BCUT2D eigenvalue weighted by Crippen LogP contribution is -2.38. The maximum Gasteiger partial charge on any atom is 0.415 e. The minimum absolute atomic E-state index is 0.143. The molecule has 1 saturated heterocycles. The second-order valence-corrected chi connectivity index (χ2v) is 11.0. The van der Waals surface area contributed by atoms with Crippen LogP contribution in [-0.4, -0.2) is 70.8 Å². The van der Waals surface area contributed by atoms with Crippen molar-refractivity contribution in [2.24, 2.45) is 0 Å². The van der Waals surface area contributed by atoms with E-state index in [4.69, 9.17) is 14.5 Å². The number of esters is 1. The molecule has 1 aliphatic heterocycles. The van der Waals surface area contributed by atoms with Crippen LogP contribution in [0.1, 0.15) is 66.9 Å². The van der Waals surface area contributed by atoms with Gasteiger partial charge in [-0.1, -0.05) is 12.1 Å². The average Bonchev–Trinajstić information content (AvgIpc) is 3.41. The molecular formula is C29H44N6O4. The zero-order chi connectivity index (χ0) is 28.6. The summed E-state index contributed by atoms with van der Waals surface area (Å²) in [6.45, 7) is 16.7. The van der Waals surface area contributed by atoms with E-state index in [1.165, 1.54) is 0 Å². The summed E-state index contributed by atoms with van der Waals surface area (Å²) < 4.78 is 11.3. The van der Waals surface area contributed by atoms with Crippen molar-refractivity contribution >= 4 is 29.5 Å². The van der Waals surface area contributed by atoms with Crippen LogP contribution in [0.5, 0.6) is 5.75 Å². The number of nitrogens with zero attached hydrogens (tertiary/aromatic N) is 4. The second-order valence-electron chi connectivity index (χ2n) is 11.0. The van der Waals surface area contributed by atoms with E-state index >= 15 is 0 Å². The van der Waals surface area contributed by atoms with Gasteiger partial charge < -0.3 is 29.9 Å². The fraction of sp³-hybridized carbons (Fsp3) is 0.586. The van der Waals surface area contributed by atoms with E-state index in [0.717, 1.165) is 44.6 Å². The van der Waals surface area contributed by atoms with Gasteiger partial charge in [0.15, 0.2) is 5.82 Å². The highest BCUT2D eigenvalue weighted by Crippen LogP contribution is 2.25. The van der Waals surface area contributed by atoms with Crippen molar-refractivity contribution in [2.45, 2.75) is 85.4 Å². The van der Waals surface area contributed by atoms with Crippen molar-refractivity contribution in [2.75, 3.05) is 41.7 Å². The Hall–Kier alpha value is -3.56. The summed E-state index contributed by atoms with van der Waals surface area (Å²) in [5.41, 5.74) is 0.941. The summed E-state index contributed by atoms with van der Waals surface area (Å²) in [5, 5.41) is 6.71. The lowest BCUT2D eigenvalue weighted by Gasteiger charge is -2.27. The van der Waals surface area contributed by atoms with Crippen LogP contribution >= 0.6 is 0 Å². The smallest absolute Gasteiger partial charge is 0.415 e. The van der Waals surface area contributed by atoms with Crippen LogP contribution in [0.25, 0.3) is 0 Å². The van der Waals surface area contributed by atoms with Crippen LogP contribution < -0.4 is 20.3 Å². The first kappa shape index (κ1) is 30.0. The number of carbonyl (C=O) groups is 2. The van der Waals surface area contributed by atoms with Crippen molar-refractivity contribution < 1.29 is 19.1 Å². The van der Waals surface area contributed by atoms with Crippen molar-refractivity contribution in [3.63, 3.8) is 0 Å². The number of hydrogen-bond acceptors (Lipinski definition) is 9. The maximum absolute atomic E-state index is 13.4. The van der Waals surface area contributed by atoms with Crippen LogP contribution in [-0.2, 0) is 16.0 Å². The summed E-state index contributed by atoms with van der Waals surface area (Å²) in [6, 6.07) is 6.66. The van der Waals surface area contributed by atoms with Gasteiger partial charge in [0.05, 0.1) is 11.9 Å². The SMILES string of the molecule is CCN(CC)c1ncc(NC(C)C)c(NC(Cc2ccc(OC(=O)N3CCCC3)cc2)C(=O)OC(C)(C)C)n1. The normalized spacial score (nSPS) is 14.2. The lowest BCUT2D eigenvalue weighted by atomic mass is 10.0. The first-order chi connectivity index (χ1) is 18.5. The largest absolute Gasteiger partial charge is 0.458 e. The number of likely N-dealkylation sites (tertiary alicyclic amines) is 1. The van der Waals surface area contributed by atoms with Crippen LogP contribution in [0.4, 0.5) is 22.2 Å². The Morgan fingerprint density at radius 1 is 1.05 bits per heavy atom. The fourth-order valence-electron chi connectivity index (χ4n) is 4.28. The molecule has 1 aromatic carbocycles. The third kappa shape index (κ3) is 9.01. The highest BCUT2D eigenvalue weighted by atomic mass is 16.6. The van der Waals surface area contributed by atoms with E-state index in [9.17, 15) is 9.59 Å². The minimum Gasteiger partial charge on any atom is -0.458 e. The molecule has 10 nitrogen and oxygen atoms in total. The van der Waals surface area contributed by atoms with Crippen molar-refractivity contribution in [1.29, 1.82) is 0 Å². The number of ether oxygens (including phenoxy) is 2. The van der Waals surface area contributed by atoms with Gasteiger partial charge in [0.1, 0.15) is 17.4 Å². The van der Waals surface area contributed by atoms with Crippen LogP contribution in [0.3, 0.4) is 0 Å². The number of hydrogen-bond donors (Lipinski definition) is 2. The molecule has 0 radical (unpaired) electrons. The molecule has 3 rings (SSSR count). The zero-order valence-electron chi connectivity index (χ0n) is 24.4. The second kappa shape index (κ2) is 13.5. The van der Waals surface area contributed by atoms with E-state index in [-0.39, 0.29) is 18.1 Å². The Labute approximate surface area is 232 Å². The van der Waals surface area contributed by atoms with Crippen LogP contribution in [0.15, 0.2) is 30.5 Å². The summed E-state index contributed by atoms with van der Waals surface area (Å²) in [7, 11) is 0. The summed E-state index contributed by atoms with van der Waals surface area (Å²) in [6.07, 6.45) is 3.78. The number of aromatic nitrogens is 2. The molecule has 39 heavy (non-hydrogen) atoms. The standard InChI is InChI=1S/C29H44N6O4/c1-8-34(9-2)27-30-19-24(31-20(3)4)25(33-27)32-23(26(36)39-29(5,6)7)18-21-12-14-22(15-13-21)38-28(37)35-16-10-11-17-35/h12-15,19-20,23,31H,8-11,16-18H2,1-7H3,(H,30,32,33). The number of benzene rings is 1. The van der Waals surface area contributed by atoms with Gasteiger partial charge in [-0.2, -0.15) is 4.98 Å². The molecule has 1 aromatic heterocycles. The Kier molecular flexibility index (Phi) is 10.4. The molecule has 2 N–H and O–H groups in total. The van der Waals surface area contributed by atoms with E-state index in [1.54, 1.807) is 23.2 Å². The molecule has 2 heterocycles. The van der Waals surface area contributed by atoms with Crippen molar-refractivity contribution in [1.82, 2.24) is 14.9 Å². The van der Waals surface area contributed by atoms with E-state index in [1.807, 2.05) is 46.8 Å². The van der Waals surface area contributed by atoms with Gasteiger partial charge in [0.25, 0.3) is 0 Å². The predicted molar refractivity (Wildman–Crippen MR) is 155 cm³/mol. The molecule has 1 amide bonds. The molecule has 0 saturated carbocycles. The van der Waals surface area contributed by atoms with Crippen molar-refractivity contribution in [3.05, 3.63) is 36.0 Å². The molecule has 1 fully saturated rings. The highest BCUT2D eigenvalue weighted by molar-refractivity contribution is 5.81. The van der Waals surface area contributed by atoms with Gasteiger partial charge in [-0.05, 0) is 79.0 Å². The van der Waals surface area contributed by atoms with Crippen LogP contribution in [0.2, 0.25) is 0 Å². The molecule has 10 heteroatoms. The number of anilines is 3. The van der Waals surface area contributed by atoms with Crippen molar-refractivity contribution in [3.8, 4) is 5.75 Å². The Morgan fingerprint density at radius 3 is 2.26 bits per heavy atom. The minimum atomic E-state index is -0.714. The number of nitrogens with one attached hydrogen (secondary N) is 2. The summed E-state index contributed by atoms with van der Waals surface area (Å²) in [5.74, 6) is 1.21. The van der Waals surface area contributed by atoms with E-state index in [0.29, 0.717) is 29.6 Å². The molecule has 0 aliphatic carbocycles. The fourth-order valence-corrected chi connectivity index (χ4v) is 4.28. The quantitative estimate of drug-likeness (QED) is 0.376.